The molecule has 31 heavy (non-hydrogen) atoms. The SMILES string of the molecule is CCCOC(=O)c1c(C)oc2c1cc(NS(=O)(=O)c1ccc(C)cc1)c1ccccc12. The molecule has 0 amide bonds. The Morgan fingerprint density at radius 3 is 2.35 bits per heavy atom. The Balaban J connectivity index is 1.90. The highest BCUT2D eigenvalue weighted by Gasteiger charge is 2.24. The first-order valence-electron chi connectivity index (χ1n) is 10.0. The van der Waals surface area contributed by atoms with E-state index in [9.17, 15) is 13.2 Å². The topological polar surface area (TPSA) is 85.6 Å². The van der Waals surface area contributed by atoms with Crippen LogP contribution in [0.3, 0.4) is 0 Å². The summed E-state index contributed by atoms with van der Waals surface area (Å²) in [5, 5.41) is 1.89. The second kappa shape index (κ2) is 8.07. The van der Waals surface area contributed by atoms with Crippen LogP contribution in [0.2, 0.25) is 0 Å². The van der Waals surface area contributed by atoms with Crippen molar-refractivity contribution < 1.29 is 22.4 Å². The molecule has 6 nitrogen and oxygen atoms in total. The van der Waals surface area contributed by atoms with Gasteiger partial charge in [-0.25, -0.2) is 13.2 Å². The fourth-order valence-corrected chi connectivity index (χ4v) is 4.63. The lowest BCUT2D eigenvalue weighted by molar-refractivity contribution is 0.0505. The van der Waals surface area contributed by atoms with E-state index in [1.165, 1.54) is 0 Å². The highest BCUT2D eigenvalue weighted by Crippen LogP contribution is 2.37. The molecule has 0 radical (unpaired) electrons. The van der Waals surface area contributed by atoms with E-state index in [2.05, 4.69) is 4.72 Å². The zero-order valence-electron chi connectivity index (χ0n) is 17.6. The number of rotatable bonds is 6. The van der Waals surface area contributed by atoms with Gasteiger partial charge in [0.05, 0.1) is 17.2 Å². The van der Waals surface area contributed by atoms with Gasteiger partial charge in [-0.1, -0.05) is 48.9 Å². The molecule has 0 unspecified atom stereocenters. The molecule has 0 aliphatic heterocycles. The monoisotopic (exact) mass is 437 g/mol. The van der Waals surface area contributed by atoms with Gasteiger partial charge in [0.25, 0.3) is 10.0 Å². The van der Waals surface area contributed by atoms with Crippen LogP contribution in [0.15, 0.2) is 63.9 Å². The predicted molar refractivity (Wildman–Crippen MR) is 121 cm³/mol. The third-order valence-electron chi connectivity index (χ3n) is 5.09. The Hall–Kier alpha value is -3.32. The van der Waals surface area contributed by atoms with Crippen LogP contribution in [0.1, 0.15) is 35.0 Å². The molecule has 4 rings (SSSR count). The number of benzene rings is 3. The number of carbonyl (C=O) groups is 1. The summed E-state index contributed by atoms with van der Waals surface area (Å²) in [6.45, 7) is 5.81. The largest absolute Gasteiger partial charge is 0.462 e. The van der Waals surface area contributed by atoms with Crippen LogP contribution in [0, 0.1) is 13.8 Å². The van der Waals surface area contributed by atoms with E-state index in [0.717, 1.165) is 5.56 Å². The molecule has 1 N–H and O–H groups in total. The molecule has 1 heterocycles. The van der Waals surface area contributed by atoms with Crippen molar-refractivity contribution >= 4 is 43.4 Å². The van der Waals surface area contributed by atoms with Gasteiger partial charge in [-0.05, 0) is 38.5 Å². The first-order chi connectivity index (χ1) is 14.8. The molecule has 1 aromatic heterocycles. The van der Waals surface area contributed by atoms with Crippen molar-refractivity contribution in [3.63, 3.8) is 0 Å². The van der Waals surface area contributed by atoms with E-state index >= 15 is 0 Å². The van der Waals surface area contributed by atoms with Crippen LogP contribution < -0.4 is 4.72 Å². The Bertz CT molecular complexity index is 1390. The maximum atomic E-state index is 13.0. The number of nitrogens with one attached hydrogen (secondary N) is 1. The summed E-state index contributed by atoms with van der Waals surface area (Å²) >= 11 is 0. The predicted octanol–water partition coefficient (Wildman–Crippen LogP) is 5.57. The minimum atomic E-state index is -3.83. The van der Waals surface area contributed by atoms with Gasteiger partial charge >= 0.3 is 5.97 Å². The Labute approximate surface area is 180 Å². The van der Waals surface area contributed by atoms with Crippen molar-refractivity contribution in [2.24, 2.45) is 0 Å². The number of sulfonamides is 1. The van der Waals surface area contributed by atoms with E-state index in [0.29, 0.717) is 51.8 Å². The molecular weight excluding hydrogens is 414 g/mol. The van der Waals surface area contributed by atoms with Crippen molar-refractivity contribution in [2.75, 3.05) is 11.3 Å². The van der Waals surface area contributed by atoms with Crippen molar-refractivity contribution in [3.05, 3.63) is 71.5 Å². The molecule has 0 aliphatic rings. The van der Waals surface area contributed by atoms with Crippen LogP contribution in [0.5, 0.6) is 0 Å². The second-order valence-corrected chi connectivity index (χ2v) is 9.12. The summed E-state index contributed by atoms with van der Waals surface area (Å²) in [5.41, 5.74) is 2.17. The fraction of sp³-hybridized carbons (Fsp3) is 0.208. The van der Waals surface area contributed by atoms with Gasteiger partial charge in [0.2, 0.25) is 0 Å². The molecule has 0 spiro atoms. The van der Waals surface area contributed by atoms with E-state index in [1.807, 2.05) is 38.1 Å². The first-order valence-corrected chi connectivity index (χ1v) is 11.5. The van der Waals surface area contributed by atoms with Crippen LogP contribution in [-0.4, -0.2) is 21.0 Å². The maximum absolute atomic E-state index is 13.0. The molecule has 0 atom stereocenters. The maximum Gasteiger partial charge on any atom is 0.342 e. The molecule has 3 aromatic carbocycles. The highest BCUT2D eigenvalue weighted by molar-refractivity contribution is 7.92. The van der Waals surface area contributed by atoms with E-state index in [-0.39, 0.29) is 4.90 Å². The van der Waals surface area contributed by atoms with Crippen LogP contribution in [-0.2, 0) is 14.8 Å². The summed E-state index contributed by atoms with van der Waals surface area (Å²) in [6.07, 6.45) is 0.700. The first kappa shape index (κ1) is 20.9. The van der Waals surface area contributed by atoms with Gasteiger partial charge in [0.1, 0.15) is 16.9 Å². The van der Waals surface area contributed by atoms with E-state index in [1.54, 1.807) is 37.3 Å². The molecule has 160 valence electrons. The Kier molecular flexibility index (Phi) is 5.45. The zero-order valence-corrected chi connectivity index (χ0v) is 18.4. The van der Waals surface area contributed by atoms with Crippen LogP contribution >= 0.6 is 0 Å². The standard InChI is InChI=1S/C24H23NO5S/c1-4-13-29-24(26)22-16(3)30-23-19-8-6-5-7-18(19)21(14-20(22)23)25-31(27,28)17-11-9-15(2)10-12-17/h5-12,14,25H,4,13H2,1-3H3. The quantitative estimate of drug-likeness (QED) is 0.399. The molecular formula is C24H23NO5S. The molecule has 0 aliphatic carbocycles. The van der Waals surface area contributed by atoms with Gasteiger partial charge < -0.3 is 9.15 Å². The summed E-state index contributed by atoms with van der Waals surface area (Å²) < 4.78 is 40.0. The number of hydrogen-bond donors (Lipinski definition) is 1. The molecule has 0 bridgehead atoms. The van der Waals surface area contributed by atoms with Gasteiger partial charge in [0, 0.05) is 16.2 Å². The number of furan rings is 1. The minimum Gasteiger partial charge on any atom is -0.462 e. The van der Waals surface area contributed by atoms with Gasteiger partial charge in [-0.15, -0.1) is 0 Å². The highest BCUT2D eigenvalue weighted by atomic mass is 32.2. The van der Waals surface area contributed by atoms with Crippen molar-refractivity contribution in [1.29, 1.82) is 0 Å². The molecule has 0 saturated heterocycles. The van der Waals surface area contributed by atoms with E-state index in [4.69, 9.17) is 9.15 Å². The van der Waals surface area contributed by atoms with Crippen molar-refractivity contribution in [2.45, 2.75) is 32.1 Å². The molecule has 0 fully saturated rings. The molecule has 0 saturated carbocycles. The van der Waals surface area contributed by atoms with Crippen molar-refractivity contribution in [3.8, 4) is 0 Å². The summed E-state index contributed by atoms with van der Waals surface area (Å²) in [6, 6.07) is 15.6. The number of hydrogen-bond acceptors (Lipinski definition) is 5. The lowest BCUT2D eigenvalue weighted by Gasteiger charge is -2.12. The van der Waals surface area contributed by atoms with E-state index < -0.39 is 16.0 Å². The number of fused-ring (bicyclic) bond motifs is 3. The third kappa shape index (κ3) is 3.88. The fourth-order valence-electron chi connectivity index (χ4n) is 3.56. The van der Waals surface area contributed by atoms with Crippen LogP contribution in [0.4, 0.5) is 5.69 Å². The number of ether oxygens (including phenoxy) is 1. The second-order valence-electron chi connectivity index (χ2n) is 7.43. The third-order valence-corrected chi connectivity index (χ3v) is 6.47. The summed E-state index contributed by atoms with van der Waals surface area (Å²) in [5.74, 6) is -0.0551. The smallest absolute Gasteiger partial charge is 0.342 e. The zero-order chi connectivity index (χ0) is 22.2. The average molecular weight is 438 g/mol. The van der Waals surface area contributed by atoms with Crippen molar-refractivity contribution in [1.82, 2.24) is 0 Å². The number of carbonyl (C=O) groups excluding carboxylic acids is 1. The lowest BCUT2D eigenvalue weighted by atomic mass is 10.0. The Morgan fingerprint density at radius 2 is 1.68 bits per heavy atom. The molecule has 4 aromatic rings. The normalized spacial score (nSPS) is 11.7. The Morgan fingerprint density at radius 1 is 1.00 bits per heavy atom. The number of anilines is 1. The number of esters is 1. The average Bonchev–Trinajstić information content (AvgIpc) is 3.08. The minimum absolute atomic E-state index is 0.160. The van der Waals surface area contributed by atoms with Gasteiger partial charge in [-0.3, -0.25) is 4.72 Å². The molecule has 7 heteroatoms. The summed E-state index contributed by atoms with van der Waals surface area (Å²) in [7, 11) is -3.83. The van der Waals surface area contributed by atoms with Gasteiger partial charge in [0.15, 0.2) is 0 Å². The summed E-state index contributed by atoms with van der Waals surface area (Å²) in [4.78, 5) is 12.8. The van der Waals surface area contributed by atoms with Gasteiger partial charge in [-0.2, -0.15) is 0 Å². The van der Waals surface area contributed by atoms with Crippen LogP contribution in [0.25, 0.3) is 21.7 Å². The number of aryl methyl sites for hydroxylation is 2. The lowest BCUT2D eigenvalue weighted by Crippen LogP contribution is -2.13.